The Morgan fingerprint density at radius 2 is 1.77 bits per heavy atom. The lowest BCUT2D eigenvalue weighted by molar-refractivity contribution is 0.0596. The second-order valence-corrected chi connectivity index (χ2v) is 4.61. The molecular formula is C17H15FO4. The van der Waals surface area contributed by atoms with Gasteiger partial charge in [-0.3, -0.25) is 4.79 Å². The first-order valence-electron chi connectivity index (χ1n) is 6.59. The van der Waals surface area contributed by atoms with E-state index in [9.17, 15) is 14.0 Å². The van der Waals surface area contributed by atoms with Crippen LogP contribution < -0.4 is 4.74 Å². The summed E-state index contributed by atoms with van der Waals surface area (Å²) in [5.74, 6) is -1.13. The fraction of sp³-hybridized carbons (Fsp3) is 0.176. The third-order valence-electron chi connectivity index (χ3n) is 3.21. The summed E-state index contributed by atoms with van der Waals surface area (Å²) in [5, 5.41) is 0. The van der Waals surface area contributed by atoms with E-state index >= 15 is 0 Å². The van der Waals surface area contributed by atoms with E-state index in [4.69, 9.17) is 4.74 Å². The molecule has 4 nitrogen and oxygen atoms in total. The second kappa shape index (κ2) is 6.85. The average molecular weight is 302 g/mol. The number of esters is 1. The van der Waals surface area contributed by atoms with Crippen LogP contribution in [0.2, 0.25) is 0 Å². The largest absolute Gasteiger partial charge is 0.496 e. The molecule has 0 unspecified atom stereocenters. The van der Waals surface area contributed by atoms with Gasteiger partial charge in [-0.1, -0.05) is 18.2 Å². The Kier molecular flexibility index (Phi) is 4.88. The monoisotopic (exact) mass is 302 g/mol. The molecule has 0 fully saturated rings. The number of ketones is 1. The van der Waals surface area contributed by atoms with E-state index in [2.05, 4.69) is 4.74 Å². The third-order valence-corrected chi connectivity index (χ3v) is 3.21. The fourth-order valence-electron chi connectivity index (χ4n) is 2.10. The lowest BCUT2D eigenvalue weighted by Crippen LogP contribution is -2.09. The molecule has 0 spiro atoms. The van der Waals surface area contributed by atoms with Crippen LogP contribution >= 0.6 is 0 Å². The lowest BCUT2D eigenvalue weighted by Gasteiger charge is -2.09. The summed E-state index contributed by atoms with van der Waals surface area (Å²) in [6.07, 6.45) is -0.0189. The molecular weight excluding hydrogens is 287 g/mol. The Bertz CT molecular complexity index is 710. The molecule has 0 saturated carbocycles. The molecule has 0 aliphatic rings. The molecule has 5 heteroatoms. The van der Waals surface area contributed by atoms with E-state index in [1.807, 2.05) is 0 Å². The number of hydrogen-bond donors (Lipinski definition) is 0. The minimum absolute atomic E-state index is 0.0189. The van der Waals surface area contributed by atoms with Crippen molar-refractivity contribution in [2.24, 2.45) is 0 Å². The minimum Gasteiger partial charge on any atom is -0.496 e. The predicted octanol–water partition coefficient (Wildman–Crippen LogP) is 3.05. The average Bonchev–Trinajstić information content (AvgIpc) is 2.54. The second-order valence-electron chi connectivity index (χ2n) is 4.61. The van der Waals surface area contributed by atoms with Crippen LogP contribution in [0.5, 0.6) is 5.75 Å². The Morgan fingerprint density at radius 3 is 2.41 bits per heavy atom. The van der Waals surface area contributed by atoms with Crippen molar-refractivity contribution in [1.82, 2.24) is 0 Å². The van der Waals surface area contributed by atoms with Crippen LogP contribution in [0.1, 0.15) is 26.3 Å². The highest BCUT2D eigenvalue weighted by Gasteiger charge is 2.16. The zero-order chi connectivity index (χ0) is 16.1. The number of rotatable bonds is 5. The summed E-state index contributed by atoms with van der Waals surface area (Å²) in [6.45, 7) is 0. The van der Waals surface area contributed by atoms with Crippen molar-refractivity contribution in [2.75, 3.05) is 14.2 Å². The molecule has 2 aromatic carbocycles. The van der Waals surface area contributed by atoms with Crippen LogP contribution in [0.4, 0.5) is 4.39 Å². The molecule has 2 rings (SSSR count). The van der Waals surface area contributed by atoms with Gasteiger partial charge in [0.05, 0.1) is 19.8 Å². The number of methoxy groups -OCH3 is 2. The quantitative estimate of drug-likeness (QED) is 0.629. The molecule has 22 heavy (non-hydrogen) atoms. The van der Waals surface area contributed by atoms with Crippen molar-refractivity contribution < 1.29 is 23.5 Å². The van der Waals surface area contributed by atoms with Gasteiger partial charge >= 0.3 is 5.97 Å². The van der Waals surface area contributed by atoms with Crippen molar-refractivity contribution in [3.63, 3.8) is 0 Å². The molecule has 114 valence electrons. The van der Waals surface area contributed by atoms with Gasteiger partial charge in [-0.15, -0.1) is 0 Å². The molecule has 0 heterocycles. The highest BCUT2D eigenvalue weighted by atomic mass is 19.1. The topological polar surface area (TPSA) is 52.6 Å². The molecule has 2 aromatic rings. The van der Waals surface area contributed by atoms with Crippen LogP contribution in [-0.2, 0) is 11.2 Å². The maximum absolute atomic E-state index is 13.6. The third kappa shape index (κ3) is 3.31. The highest BCUT2D eigenvalue weighted by Crippen LogP contribution is 2.22. The Balaban J connectivity index is 2.29. The molecule has 0 N–H and O–H groups in total. The Morgan fingerprint density at radius 1 is 1.05 bits per heavy atom. The molecule has 0 amide bonds. The van der Waals surface area contributed by atoms with Gasteiger partial charge in [0, 0.05) is 6.42 Å². The molecule has 0 atom stereocenters. The van der Waals surface area contributed by atoms with Crippen molar-refractivity contribution in [2.45, 2.75) is 6.42 Å². The maximum Gasteiger partial charge on any atom is 0.341 e. The van der Waals surface area contributed by atoms with Gasteiger partial charge in [0.2, 0.25) is 0 Å². The smallest absolute Gasteiger partial charge is 0.341 e. The molecule has 0 aliphatic carbocycles. The molecule has 0 bridgehead atoms. The first-order chi connectivity index (χ1) is 10.6. The predicted molar refractivity (Wildman–Crippen MR) is 78.8 cm³/mol. The summed E-state index contributed by atoms with van der Waals surface area (Å²) in [6, 6.07) is 10.5. The highest BCUT2D eigenvalue weighted by molar-refractivity contribution is 5.98. The van der Waals surface area contributed by atoms with E-state index in [1.165, 1.54) is 38.5 Å². The summed E-state index contributed by atoms with van der Waals surface area (Å²) in [7, 11) is 2.70. The van der Waals surface area contributed by atoms with Gasteiger partial charge in [-0.05, 0) is 29.8 Å². The van der Waals surface area contributed by atoms with Gasteiger partial charge in [0.25, 0.3) is 0 Å². The van der Waals surface area contributed by atoms with Crippen molar-refractivity contribution >= 4 is 11.8 Å². The summed E-state index contributed by atoms with van der Waals surface area (Å²) in [4.78, 5) is 23.9. The number of Topliss-reactive ketones (excluding diaryl/α,β-unsaturated/α-hetero) is 1. The first kappa shape index (κ1) is 15.7. The van der Waals surface area contributed by atoms with Crippen LogP contribution in [-0.4, -0.2) is 26.0 Å². The molecule has 0 aliphatic heterocycles. The van der Waals surface area contributed by atoms with E-state index in [1.54, 1.807) is 18.2 Å². The van der Waals surface area contributed by atoms with Gasteiger partial charge in [-0.2, -0.15) is 0 Å². The number of carbonyl (C=O) groups excluding carboxylic acids is 2. The van der Waals surface area contributed by atoms with Crippen molar-refractivity contribution in [3.05, 3.63) is 65.0 Å². The number of ether oxygens (including phenoxy) is 2. The first-order valence-corrected chi connectivity index (χ1v) is 6.59. The van der Waals surface area contributed by atoms with Crippen LogP contribution in [0.15, 0.2) is 42.5 Å². The zero-order valence-corrected chi connectivity index (χ0v) is 12.3. The number of hydrogen-bond acceptors (Lipinski definition) is 4. The van der Waals surface area contributed by atoms with E-state index in [-0.39, 0.29) is 23.3 Å². The molecule has 0 radical (unpaired) electrons. The van der Waals surface area contributed by atoms with E-state index in [0.29, 0.717) is 11.3 Å². The summed E-state index contributed by atoms with van der Waals surface area (Å²) < 4.78 is 23.4. The number of halogens is 1. The van der Waals surface area contributed by atoms with Crippen LogP contribution in [0.25, 0.3) is 0 Å². The fourth-order valence-corrected chi connectivity index (χ4v) is 2.10. The van der Waals surface area contributed by atoms with Crippen molar-refractivity contribution in [3.8, 4) is 5.75 Å². The van der Waals surface area contributed by atoms with E-state index in [0.717, 1.165) is 0 Å². The van der Waals surface area contributed by atoms with E-state index < -0.39 is 11.8 Å². The van der Waals surface area contributed by atoms with Gasteiger partial charge in [0.1, 0.15) is 17.1 Å². The summed E-state index contributed by atoms with van der Waals surface area (Å²) in [5.41, 5.74) is 0.830. The van der Waals surface area contributed by atoms with Crippen molar-refractivity contribution in [1.29, 1.82) is 0 Å². The van der Waals surface area contributed by atoms with Crippen LogP contribution in [0.3, 0.4) is 0 Å². The Hall–Kier alpha value is -2.69. The van der Waals surface area contributed by atoms with Gasteiger partial charge in [0.15, 0.2) is 5.78 Å². The number of carbonyl (C=O) groups is 2. The van der Waals surface area contributed by atoms with Gasteiger partial charge < -0.3 is 9.47 Å². The summed E-state index contributed by atoms with van der Waals surface area (Å²) >= 11 is 0. The number of benzene rings is 2. The van der Waals surface area contributed by atoms with Crippen LogP contribution in [0, 0.1) is 5.82 Å². The minimum atomic E-state index is -0.561. The zero-order valence-electron chi connectivity index (χ0n) is 12.3. The Labute approximate surface area is 127 Å². The maximum atomic E-state index is 13.6. The van der Waals surface area contributed by atoms with Gasteiger partial charge in [-0.25, -0.2) is 9.18 Å². The molecule has 0 aromatic heterocycles. The SMILES string of the molecule is COC(=O)c1cc(CC(=O)c2ccccc2F)ccc1OC. The normalized spacial score (nSPS) is 10.1. The molecule has 0 saturated heterocycles. The standard InChI is InChI=1S/C17H15FO4/c1-21-16-8-7-11(9-13(16)17(20)22-2)10-15(19)12-5-3-4-6-14(12)18/h3-9H,10H2,1-2H3. The lowest BCUT2D eigenvalue weighted by atomic mass is 10.0.